The SMILES string of the molecule is Cc1ccc(C)c(C(=O)COC(=O)c2ccc3c(c2)C(=O)N(c2ccc(Oc4ccccc4)c(Cl)c2)C3=O)c1. The van der Waals surface area contributed by atoms with Gasteiger partial charge in [-0.2, -0.15) is 0 Å². The van der Waals surface area contributed by atoms with Gasteiger partial charge in [-0.25, -0.2) is 9.69 Å². The molecule has 1 heterocycles. The van der Waals surface area contributed by atoms with Gasteiger partial charge in [0.2, 0.25) is 5.78 Å². The third kappa shape index (κ3) is 5.17. The number of ketones is 1. The zero-order chi connectivity index (χ0) is 27.7. The molecule has 2 amide bonds. The molecule has 0 spiro atoms. The number of anilines is 1. The third-order valence-electron chi connectivity index (χ3n) is 6.29. The summed E-state index contributed by atoms with van der Waals surface area (Å²) in [5, 5.41) is 0.214. The Kier molecular flexibility index (Phi) is 7.00. The number of Topliss-reactive ketones (excluding diaryl/α,β-unsaturated/α-hetero) is 1. The second-order valence-electron chi connectivity index (χ2n) is 9.05. The average molecular weight is 540 g/mol. The van der Waals surface area contributed by atoms with Crippen LogP contribution in [0.15, 0.2) is 84.9 Å². The van der Waals surface area contributed by atoms with Crippen LogP contribution in [0.25, 0.3) is 0 Å². The molecule has 7 nitrogen and oxygen atoms in total. The molecule has 0 saturated heterocycles. The second kappa shape index (κ2) is 10.6. The predicted octanol–water partition coefficient (Wildman–Crippen LogP) is 6.59. The van der Waals surface area contributed by atoms with Crippen molar-refractivity contribution in [2.45, 2.75) is 13.8 Å². The Bertz CT molecular complexity index is 1650. The molecule has 0 atom stereocenters. The molecular formula is C31H22ClNO6. The first-order chi connectivity index (χ1) is 18.7. The number of rotatable bonds is 7. The lowest BCUT2D eigenvalue weighted by Gasteiger charge is -2.15. The van der Waals surface area contributed by atoms with Gasteiger partial charge in [0.05, 0.1) is 27.4 Å². The summed E-state index contributed by atoms with van der Waals surface area (Å²) in [5.41, 5.74) is 2.68. The van der Waals surface area contributed by atoms with Crippen LogP contribution in [0.5, 0.6) is 11.5 Å². The first kappa shape index (κ1) is 25.9. The highest BCUT2D eigenvalue weighted by atomic mass is 35.5. The van der Waals surface area contributed by atoms with E-state index in [1.807, 2.05) is 37.3 Å². The maximum Gasteiger partial charge on any atom is 0.338 e. The monoisotopic (exact) mass is 539 g/mol. The van der Waals surface area contributed by atoms with Crippen molar-refractivity contribution in [3.8, 4) is 11.5 Å². The van der Waals surface area contributed by atoms with Crippen LogP contribution in [-0.2, 0) is 4.74 Å². The second-order valence-corrected chi connectivity index (χ2v) is 9.46. The lowest BCUT2D eigenvalue weighted by Crippen LogP contribution is -2.29. The minimum Gasteiger partial charge on any atom is -0.456 e. The fraction of sp³-hybridized carbons (Fsp3) is 0.0968. The van der Waals surface area contributed by atoms with Gasteiger partial charge < -0.3 is 9.47 Å². The van der Waals surface area contributed by atoms with Gasteiger partial charge in [-0.05, 0) is 74.0 Å². The molecule has 0 radical (unpaired) electrons. The van der Waals surface area contributed by atoms with E-state index in [4.69, 9.17) is 21.1 Å². The number of esters is 1. The number of imide groups is 1. The van der Waals surface area contributed by atoms with Crippen molar-refractivity contribution in [1.29, 1.82) is 0 Å². The topological polar surface area (TPSA) is 90.0 Å². The summed E-state index contributed by atoms with van der Waals surface area (Å²) in [6.07, 6.45) is 0. The summed E-state index contributed by atoms with van der Waals surface area (Å²) in [6.45, 7) is 3.23. The number of para-hydroxylation sites is 1. The maximum atomic E-state index is 13.2. The quantitative estimate of drug-likeness (QED) is 0.149. The van der Waals surface area contributed by atoms with Crippen LogP contribution in [-0.4, -0.2) is 30.2 Å². The van der Waals surface area contributed by atoms with Crippen molar-refractivity contribution in [1.82, 2.24) is 0 Å². The van der Waals surface area contributed by atoms with E-state index in [0.29, 0.717) is 17.1 Å². The van der Waals surface area contributed by atoms with Crippen LogP contribution in [0.3, 0.4) is 0 Å². The highest BCUT2D eigenvalue weighted by Gasteiger charge is 2.37. The molecule has 5 rings (SSSR count). The van der Waals surface area contributed by atoms with E-state index in [1.165, 1.54) is 24.3 Å². The molecule has 4 aromatic rings. The van der Waals surface area contributed by atoms with Crippen LogP contribution in [0.1, 0.15) is 52.6 Å². The Morgan fingerprint density at radius 1 is 0.821 bits per heavy atom. The maximum absolute atomic E-state index is 13.2. The third-order valence-corrected chi connectivity index (χ3v) is 6.59. The molecule has 1 aliphatic rings. The van der Waals surface area contributed by atoms with Crippen LogP contribution < -0.4 is 9.64 Å². The molecule has 0 bridgehead atoms. The highest BCUT2D eigenvalue weighted by molar-refractivity contribution is 6.36. The zero-order valence-corrected chi connectivity index (χ0v) is 21.8. The molecule has 1 aliphatic heterocycles. The van der Waals surface area contributed by atoms with Crippen molar-refractivity contribution in [3.05, 3.63) is 123 Å². The van der Waals surface area contributed by atoms with Crippen LogP contribution in [0.4, 0.5) is 5.69 Å². The van der Waals surface area contributed by atoms with Gasteiger partial charge >= 0.3 is 5.97 Å². The fourth-order valence-electron chi connectivity index (χ4n) is 4.26. The first-order valence-corrected chi connectivity index (χ1v) is 12.4. The lowest BCUT2D eigenvalue weighted by atomic mass is 10.0. The number of fused-ring (bicyclic) bond motifs is 1. The van der Waals surface area contributed by atoms with Gasteiger partial charge in [0.25, 0.3) is 11.8 Å². The van der Waals surface area contributed by atoms with Gasteiger partial charge in [-0.15, -0.1) is 0 Å². The minimum absolute atomic E-state index is 0.0511. The van der Waals surface area contributed by atoms with Crippen molar-refractivity contribution < 1.29 is 28.7 Å². The average Bonchev–Trinajstić information content (AvgIpc) is 3.19. The summed E-state index contributed by atoms with van der Waals surface area (Å²) < 4.78 is 11.0. The molecular weight excluding hydrogens is 518 g/mol. The van der Waals surface area contributed by atoms with Crippen LogP contribution in [0.2, 0.25) is 5.02 Å². The summed E-state index contributed by atoms with van der Waals surface area (Å²) in [7, 11) is 0. The van der Waals surface area contributed by atoms with E-state index >= 15 is 0 Å². The molecule has 0 N–H and O–H groups in total. The number of carbonyl (C=O) groups is 4. The van der Waals surface area contributed by atoms with E-state index in [-0.39, 0.29) is 33.2 Å². The summed E-state index contributed by atoms with van der Waals surface area (Å²) in [6, 6.07) is 23.2. The molecule has 0 aromatic heterocycles. The standard InChI is InChI=1S/C31H22ClNO6/c1-18-8-9-19(2)24(14-18)27(34)17-38-31(37)20-10-12-23-25(15-20)30(36)33(29(23)35)21-11-13-28(26(32)16-21)39-22-6-4-3-5-7-22/h3-16H,17H2,1-2H3. The number of hydrogen-bond donors (Lipinski definition) is 0. The van der Waals surface area contributed by atoms with E-state index < -0.39 is 24.4 Å². The van der Waals surface area contributed by atoms with E-state index in [1.54, 1.807) is 37.3 Å². The van der Waals surface area contributed by atoms with Crippen LogP contribution >= 0.6 is 11.6 Å². The summed E-state index contributed by atoms with van der Waals surface area (Å²) in [5.74, 6) is -1.32. The van der Waals surface area contributed by atoms with E-state index in [2.05, 4.69) is 0 Å². The number of nitrogens with zero attached hydrogens (tertiary/aromatic N) is 1. The Morgan fingerprint density at radius 2 is 1.56 bits per heavy atom. The zero-order valence-electron chi connectivity index (χ0n) is 21.1. The van der Waals surface area contributed by atoms with E-state index in [0.717, 1.165) is 16.0 Å². The number of hydrogen-bond acceptors (Lipinski definition) is 6. The number of halogens is 1. The normalized spacial score (nSPS) is 12.3. The molecule has 0 aliphatic carbocycles. The van der Waals surface area contributed by atoms with Gasteiger partial charge in [0.1, 0.15) is 11.5 Å². The van der Waals surface area contributed by atoms with Crippen molar-refractivity contribution >= 4 is 40.9 Å². The first-order valence-electron chi connectivity index (χ1n) is 12.1. The molecule has 39 heavy (non-hydrogen) atoms. The smallest absolute Gasteiger partial charge is 0.338 e. The Morgan fingerprint density at radius 3 is 2.31 bits per heavy atom. The largest absolute Gasteiger partial charge is 0.456 e. The number of aryl methyl sites for hydroxylation is 2. The fourth-order valence-corrected chi connectivity index (χ4v) is 4.47. The Labute approximate surface area is 229 Å². The molecule has 0 unspecified atom stereocenters. The molecule has 4 aromatic carbocycles. The Hall–Kier alpha value is -4.75. The van der Waals surface area contributed by atoms with E-state index in [9.17, 15) is 19.2 Å². The highest BCUT2D eigenvalue weighted by Crippen LogP contribution is 2.36. The minimum atomic E-state index is -0.777. The number of ether oxygens (including phenoxy) is 2. The van der Waals surface area contributed by atoms with Crippen molar-refractivity contribution in [2.24, 2.45) is 0 Å². The molecule has 194 valence electrons. The Balaban J connectivity index is 1.31. The van der Waals surface area contributed by atoms with Crippen LogP contribution in [0, 0.1) is 13.8 Å². The summed E-state index contributed by atoms with van der Waals surface area (Å²) >= 11 is 6.39. The van der Waals surface area contributed by atoms with Crippen molar-refractivity contribution in [2.75, 3.05) is 11.5 Å². The number of carbonyl (C=O) groups excluding carboxylic acids is 4. The van der Waals surface area contributed by atoms with Gasteiger partial charge in [0.15, 0.2) is 6.61 Å². The number of amides is 2. The van der Waals surface area contributed by atoms with Gasteiger partial charge in [-0.1, -0.05) is 47.5 Å². The van der Waals surface area contributed by atoms with Gasteiger partial charge in [0, 0.05) is 5.56 Å². The summed E-state index contributed by atoms with van der Waals surface area (Å²) in [4.78, 5) is 52.6. The molecule has 0 fully saturated rings. The predicted molar refractivity (Wildman–Crippen MR) is 146 cm³/mol. The molecule has 8 heteroatoms. The van der Waals surface area contributed by atoms with Gasteiger partial charge in [-0.3, -0.25) is 14.4 Å². The lowest BCUT2D eigenvalue weighted by molar-refractivity contribution is 0.0474. The number of benzene rings is 4. The molecule has 0 saturated carbocycles. The van der Waals surface area contributed by atoms with Crippen molar-refractivity contribution in [3.63, 3.8) is 0 Å².